The minimum absolute atomic E-state index is 0.0744. The molecule has 3 heterocycles. The second kappa shape index (κ2) is 9.93. The molecule has 5 rings (SSSR count). The molecule has 0 radical (unpaired) electrons. The summed E-state index contributed by atoms with van der Waals surface area (Å²) < 4.78 is 15.2. The Morgan fingerprint density at radius 3 is 2.53 bits per heavy atom. The monoisotopic (exact) mass is 559 g/mol. The van der Waals surface area contributed by atoms with Gasteiger partial charge < -0.3 is 14.8 Å². The van der Waals surface area contributed by atoms with Crippen LogP contribution in [0.1, 0.15) is 42.9 Å². The molecule has 1 aliphatic carbocycles. The standard InChI is InChI=1S/C27H28Cl2FN5O3/c1-14(22-8-27(22,28)29)33-26(38)24-7-19(30)11-35(24)25(37)13-34-12-21(15(2)36)20-6-17(4-5-23(20)34)18-9-31-16(3)32-10-18/h4-6,9-10,12,14,19,22,24H,7-8,11,13H2,1-3H3,(H,33,38)/t14-,19-,22-,24+/m1/s1. The first-order valence-electron chi connectivity index (χ1n) is 12.5. The van der Waals surface area contributed by atoms with Crippen molar-refractivity contribution >= 4 is 51.7 Å². The quantitative estimate of drug-likeness (QED) is 0.345. The van der Waals surface area contributed by atoms with Gasteiger partial charge in [-0.25, -0.2) is 14.4 Å². The number of alkyl halides is 3. The third kappa shape index (κ3) is 5.14. The number of rotatable bonds is 7. The fraction of sp³-hybridized carbons (Fsp3) is 0.444. The van der Waals surface area contributed by atoms with Crippen LogP contribution in [-0.2, 0) is 16.1 Å². The van der Waals surface area contributed by atoms with Gasteiger partial charge in [0.15, 0.2) is 5.78 Å². The summed E-state index contributed by atoms with van der Waals surface area (Å²) in [7, 11) is 0. The predicted molar refractivity (Wildman–Crippen MR) is 143 cm³/mol. The van der Waals surface area contributed by atoms with Crippen LogP contribution in [0, 0.1) is 12.8 Å². The number of nitrogens with one attached hydrogen (secondary N) is 1. The van der Waals surface area contributed by atoms with Gasteiger partial charge in [-0.3, -0.25) is 14.4 Å². The van der Waals surface area contributed by atoms with E-state index in [0.29, 0.717) is 28.7 Å². The third-order valence-corrected chi connectivity index (χ3v) is 8.27. The van der Waals surface area contributed by atoms with Crippen molar-refractivity contribution in [3.05, 3.63) is 48.2 Å². The van der Waals surface area contributed by atoms with Gasteiger partial charge in [0.1, 0.15) is 28.9 Å². The molecule has 200 valence electrons. The number of likely N-dealkylation sites (tertiary alicyclic amines) is 1. The number of hydrogen-bond acceptors (Lipinski definition) is 5. The summed E-state index contributed by atoms with van der Waals surface area (Å²) in [5.74, 6) is -0.412. The maximum atomic E-state index is 14.4. The van der Waals surface area contributed by atoms with Crippen LogP contribution in [-0.4, -0.2) is 66.2 Å². The van der Waals surface area contributed by atoms with Crippen LogP contribution in [0.25, 0.3) is 22.0 Å². The molecule has 11 heteroatoms. The van der Waals surface area contributed by atoms with E-state index in [1.165, 1.54) is 11.8 Å². The number of halogens is 3. The first-order valence-corrected chi connectivity index (χ1v) is 13.2. The molecule has 2 aromatic heterocycles. The maximum Gasteiger partial charge on any atom is 0.243 e. The largest absolute Gasteiger partial charge is 0.351 e. The number of carbonyl (C=O) groups excluding carboxylic acids is 3. The Labute approximate surface area is 229 Å². The van der Waals surface area contributed by atoms with Crippen LogP contribution >= 0.6 is 23.2 Å². The molecule has 38 heavy (non-hydrogen) atoms. The van der Waals surface area contributed by atoms with Crippen LogP contribution in [0.2, 0.25) is 0 Å². The van der Waals surface area contributed by atoms with Crippen molar-refractivity contribution in [2.75, 3.05) is 6.54 Å². The molecule has 1 aliphatic heterocycles. The first kappa shape index (κ1) is 26.6. The van der Waals surface area contributed by atoms with Gasteiger partial charge in [-0.2, -0.15) is 0 Å². The normalized spacial score (nSPS) is 22.9. The number of amides is 2. The Balaban J connectivity index is 1.37. The van der Waals surface area contributed by atoms with Gasteiger partial charge in [0, 0.05) is 59.0 Å². The van der Waals surface area contributed by atoms with Crippen molar-refractivity contribution in [2.45, 2.75) is 62.7 Å². The van der Waals surface area contributed by atoms with Crippen molar-refractivity contribution in [1.82, 2.24) is 24.8 Å². The molecule has 2 amide bonds. The van der Waals surface area contributed by atoms with Crippen LogP contribution in [0.3, 0.4) is 0 Å². The molecule has 8 nitrogen and oxygen atoms in total. The number of benzene rings is 1. The van der Waals surface area contributed by atoms with Crippen LogP contribution < -0.4 is 5.32 Å². The average molecular weight is 560 g/mol. The van der Waals surface area contributed by atoms with Crippen molar-refractivity contribution in [3.8, 4) is 11.1 Å². The van der Waals surface area contributed by atoms with E-state index < -0.39 is 28.4 Å². The van der Waals surface area contributed by atoms with E-state index in [0.717, 1.165) is 11.1 Å². The summed E-state index contributed by atoms with van der Waals surface area (Å²) in [4.78, 5) is 48.6. The topological polar surface area (TPSA) is 97.2 Å². The van der Waals surface area contributed by atoms with Crippen molar-refractivity contribution in [1.29, 1.82) is 0 Å². The van der Waals surface area contributed by atoms with Gasteiger partial charge in [0.2, 0.25) is 11.8 Å². The maximum absolute atomic E-state index is 14.4. The lowest BCUT2D eigenvalue weighted by Crippen LogP contribution is -2.49. The number of aromatic nitrogens is 3. The molecule has 1 N–H and O–H groups in total. The molecule has 0 unspecified atom stereocenters. The summed E-state index contributed by atoms with van der Waals surface area (Å²) in [6.07, 6.45) is 4.25. The molecule has 1 saturated heterocycles. The SMILES string of the molecule is CC(=O)c1cn(CC(=O)N2C[C@H](F)C[C@H]2C(=O)N[C@H](C)[C@H]2CC2(Cl)Cl)c2ccc(-c3cnc(C)nc3)cc12. The van der Waals surface area contributed by atoms with Crippen LogP contribution in [0.4, 0.5) is 4.39 Å². The fourth-order valence-corrected chi connectivity index (χ4v) is 5.88. The molecule has 4 atom stereocenters. The zero-order valence-corrected chi connectivity index (χ0v) is 22.8. The van der Waals surface area contributed by atoms with E-state index in [4.69, 9.17) is 23.2 Å². The molecule has 2 aliphatic rings. The number of carbonyl (C=O) groups is 3. The van der Waals surface area contributed by atoms with E-state index in [2.05, 4.69) is 15.3 Å². The summed E-state index contributed by atoms with van der Waals surface area (Å²) in [6, 6.07) is 4.35. The van der Waals surface area contributed by atoms with Crippen molar-refractivity contribution < 1.29 is 18.8 Å². The lowest BCUT2D eigenvalue weighted by molar-refractivity contribution is -0.139. The highest BCUT2D eigenvalue weighted by Gasteiger charge is 2.55. The lowest BCUT2D eigenvalue weighted by Gasteiger charge is -2.25. The van der Waals surface area contributed by atoms with E-state index in [1.807, 2.05) is 18.2 Å². The number of ketones is 1. The number of hydrogen-bond donors (Lipinski definition) is 1. The van der Waals surface area contributed by atoms with Gasteiger partial charge >= 0.3 is 0 Å². The minimum Gasteiger partial charge on any atom is -0.351 e. The van der Waals surface area contributed by atoms with Gasteiger partial charge in [-0.05, 0) is 44.9 Å². The summed E-state index contributed by atoms with van der Waals surface area (Å²) >= 11 is 12.2. The number of fused-ring (bicyclic) bond motifs is 1. The van der Waals surface area contributed by atoms with E-state index in [1.54, 1.807) is 37.0 Å². The van der Waals surface area contributed by atoms with Gasteiger partial charge in [0.05, 0.1) is 6.54 Å². The van der Waals surface area contributed by atoms with E-state index in [-0.39, 0.29) is 37.3 Å². The highest BCUT2D eigenvalue weighted by Crippen LogP contribution is 2.54. The lowest BCUT2D eigenvalue weighted by atomic mass is 10.0. The molecule has 2 fully saturated rings. The molecule has 1 saturated carbocycles. The fourth-order valence-electron chi connectivity index (χ4n) is 5.17. The molecule has 0 bridgehead atoms. The zero-order valence-electron chi connectivity index (χ0n) is 21.2. The Hall–Kier alpha value is -3.04. The van der Waals surface area contributed by atoms with Crippen LogP contribution in [0.5, 0.6) is 0 Å². The van der Waals surface area contributed by atoms with E-state index >= 15 is 0 Å². The van der Waals surface area contributed by atoms with Crippen molar-refractivity contribution in [3.63, 3.8) is 0 Å². The average Bonchev–Trinajstić information content (AvgIpc) is 3.17. The molecular weight excluding hydrogens is 532 g/mol. The number of Topliss-reactive ketones (excluding diaryl/α,β-unsaturated/α-hetero) is 1. The number of aryl methyl sites for hydroxylation is 1. The van der Waals surface area contributed by atoms with Crippen molar-refractivity contribution in [2.24, 2.45) is 5.92 Å². The minimum atomic E-state index is -1.31. The molecular formula is C27H28Cl2FN5O3. The highest BCUT2D eigenvalue weighted by molar-refractivity contribution is 6.51. The number of nitrogens with zero attached hydrogens (tertiary/aromatic N) is 4. The highest BCUT2D eigenvalue weighted by atomic mass is 35.5. The van der Waals surface area contributed by atoms with Crippen LogP contribution in [0.15, 0.2) is 36.8 Å². The van der Waals surface area contributed by atoms with Gasteiger partial charge in [-0.15, -0.1) is 23.2 Å². The van der Waals surface area contributed by atoms with E-state index in [9.17, 15) is 18.8 Å². The van der Waals surface area contributed by atoms with Gasteiger partial charge in [0.25, 0.3) is 0 Å². The smallest absolute Gasteiger partial charge is 0.243 e. The second-order valence-electron chi connectivity index (χ2n) is 10.2. The Morgan fingerprint density at radius 2 is 1.89 bits per heavy atom. The third-order valence-electron chi connectivity index (χ3n) is 7.40. The Kier molecular flexibility index (Phi) is 6.94. The summed E-state index contributed by atoms with van der Waals surface area (Å²) in [5.41, 5.74) is 2.78. The Bertz CT molecular complexity index is 1420. The predicted octanol–water partition coefficient (Wildman–Crippen LogP) is 4.25. The zero-order chi connectivity index (χ0) is 27.4. The Morgan fingerprint density at radius 1 is 1.21 bits per heavy atom. The molecule has 0 spiro atoms. The summed E-state index contributed by atoms with van der Waals surface area (Å²) in [5, 5.41) is 3.54. The first-order chi connectivity index (χ1) is 17.9. The van der Waals surface area contributed by atoms with Gasteiger partial charge in [-0.1, -0.05) is 6.07 Å². The second-order valence-corrected chi connectivity index (χ2v) is 11.8. The molecule has 1 aromatic carbocycles. The summed E-state index contributed by atoms with van der Waals surface area (Å²) in [6.45, 7) is 4.76. The molecule has 3 aromatic rings.